The largest absolute Gasteiger partial charge is 0.332 e. The van der Waals surface area contributed by atoms with Crippen LogP contribution >= 0.6 is 24.8 Å². The third kappa shape index (κ3) is 3.90. The molecule has 0 radical (unpaired) electrons. The number of halogens is 2. The van der Waals surface area contributed by atoms with Gasteiger partial charge in [0, 0.05) is 14.1 Å². The summed E-state index contributed by atoms with van der Waals surface area (Å²) in [5.41, 5.74) is 4.32. The molecule has 0 aliphatic carbocycles. The molecule has 0 aliphatic heterocycles. The minimum atomic E-state index is -1.05. The van der Waals surface area contributed by atoms with Crippen LogP contribution < -0.4 is 22.3 Å². The van der Waals surface area contributed by atoms with Gasteiger partial charge in [0.05, 0.1) is 22.8 Å². The lowest BCUT2D eigenvalue weighted by molar-refractivity contribution is -0.120. The molecule has 2 rings (SSSR count). The number of aryl methyl sites for hydroxylation is 1. The van der Waals surface area contributed by atoms with Gasteiger partial charge in [0.2, 0.25) is 5.91 Å². The van der Waals surface area contributed by atoms with Crippen molar-refractivity contribution >= 4 is 47.4 Å². The minimum Gasteiger partial charge on any atom is -0.323 e. The van der Waals surface area contributed by atoms with E-state index in [1.807, 2.05) is 0 Å². The number of fused-ring (bicyclic) bond motifs is 1. The van der Waals surface area contributed by atoms with E-state index in [2.05, 4.69) is 10.3 Å². The summed E-state index contributed by atoms with van der Waals surface area (Å²) in [5, 5.41) is 2.84. The molecule has 0 unspecified atom stereocenters. The Hall–Kier alpha value is -1.90. The van der Waals surface area contributed by atoms with Crippen molar-refractivity contribution in [2.24, 2.45) is 19.8 Å². The number of carbonyl (C=O) groups is 1. The maximum Gasteiger partial charge on any atom is 0.332 e. The van der Waals surface area contributed by atoms with Crippen LogP contribution in [0.5, 0.6) is 0 Å². The molecular formula is C13H19Cl2N5O3. The van der Waals surface area contributed by atoms with Gasteiger partial charge in [0.1, 0.15) is 5.65 Å². The molecule has 10 heteroatoms. The quantitative estimate of drug-likeness (QED) is 0.788. The number of amides is 1. The Morgan fingerprint density at radius 2 is 1.78 bits per heavy atom. The zero-order chi connectivity index (χ0) is 15.9. The van der Waals surface area contributed by atoms with Gasteiger partial charge in [-0.2, -0.15) is 0 Å². The second-order valence-electron chi connectivity index (χ2n) is 5.48. The van der Waals surface area contributed by atoms with Gasteiger partial charge in [0.25, 0.3) is 5.56 Å². The van der Waals surface area contributed by atoms with Gasteiger partial charge in [-0.3, -0.25) is 18.7 Å². The second kappa shape index (κ2) is 7.12. The zero-order valence-electron chi connectivity index (χ0n) is 13.1. The Morgan fingerprint density at radius 1 is 1.22 bits per heavy atom. The predicted octanol–water partition coefficient (Wildman–Crippen LogP) is 0.152. The highest BCUT2D eigenvalue weighted by atomic mass is 35.5. The van der Waals surface area contributed by atoms with Crippen molar-refractivity contribution in [3.05, 3.63) is 33.1 Å². The van der Waals surface area contributed by atoms with E-state index in [4.69, 9.17) is 5.73 Å². The van der Waals surface area contributed by atoms with E-state index in [9.17, 15) is 14.4 Å². The first-order valence-electron chi connectivity index (χ1n) is 6.29. The molecule has 128 valence electrons. The third-order valence-electron chi connectivity index (χ3n) is 3.14. The number of nitrogens with one attached hydrogen (secondary N) is 1. The fraction of sp³-hybridized carbons (Fsp3) is 0.385. The van der Waals surface area contributed by atoms with Gasteiger partial charge in [-0.1, -0.05) is 0 Å². The highest BCUT2D eigenvalue weighted by molar-refractivity contribution is 5.98. The van der Waals surface area contributed by atoms with E-state index in [1.54, 1.807) is 13.8 Å². The molecule has 2 aromatic rings. The predicted molar refractivity (Wildman–Crippen MR) is 93.6 cm³/mol. The van der Waals surface area contributed by atoms with Gasteiger partial charge in [-0.25, -0.2) is 9.78 Å². The Balaban J connectivity index is 0.00000242. The number of rotatable bonds is 2. The first-order valence-corrected chi connectivity index (χ1v) is 6.29. The molecule has 0 fully saturated rings. The van der Waals surface area contributed by atoms with Crippen LogP contribution in [-0.2, 0) is 18.9 Å². The molecule has 2 heterocycles. The zero-order valence-corrected chi connectivity index (χ0v) is 14.7. The fourth-order valence-electron chi connectivity index (χ4n) is 1.83. The maximum absolute atomic E-state index is 12.1. The van der Waals surface area contributed by atoms with Crippen LogP contribution in [0.3, 0.4) is 0 Å². The lowest BCUT2D eigenvalue weighted by Gasteiger charge is -2.17. The molecule has 0 aromatic carbocycles. The summed E-state index contributed by atoms with van der Waals surface area (Å²) < 4.78 is 2.26. The summed E-state index contributed by atoms with van der Waals surface area (Å²) in [4.78, 5) is 39.8. The van der Waals surface area contributed by atoms with Crippen LogP contribution in [0, 0.1) is 0 Å². The number of anilines is 1. The number of hydrogen-bond acceptors (Lipinski definition) is 5. The Kier molecular flexibility index (Phi) is 6.53. The topological polar surface area (TPSA) is 112 Å². The molecule has 8 nitrogen and oxygen atoms in total. The summed E-state index contributed by atoms with van der Waals surface area (Å²) in [6, 6.07) is 1.48. The van der Waals surface area contributed by atoms with Crippen molar-refractivity contribution in [1.29, 1.82) is 0 Å². The van der Waals surface area contributed by atoms with Crippen LogP contribution in [0.1, 0.15) is 13.8 Å². The molecule has 0 bridgehead atoms. The van der Waals surface area contributed by atoms with Crippen LogP contribution in [0.25, 0.3) is 11.0 Å². The molecule has 1 amide bonds. The molecule has 0 spiro atoms. The smallest absolute Gasteiger partial charge is 0.323 e. The van der Waals surface area contributed by atoms with Gasteiger partial charge < -0.3 is 11.1 Å². The van der Waals surface area contributed by atoms with E-state index < -0.39 is 22.7 Å². The van der Waals surface area contributed by atoms with Crippen LogP contribution in [0.15, 0.2) is 21.9 Å². The molecule has 0 atom stereocenters. The Labute approximate surface area is 144 Å². The number of nitrogens with two attached hydrogens (primary N) is 1. The van der Waals surface area contributed by atoms with Crippen LogP contribution in [-0.4, -0.2) is 25.6 Å². The van der Waals surface area contributed by atoms with Crippen molar-refractivity contribution in [1.82, 2.24) is 14.1 Å². The normalized spacial score (nSPS) is 10.7. The average molecular weight is 364 g/mol. The Morgan fingerprint density at radius 3 is 2.30 bits per heavy atom. The lowest BCUT2D eigenvalue weighted by Crippen LogP contribution is -2.45. The van der Waals surface area contributed by atoms with Gasteiger partial charge >= 0.3 is 5.69 Å². The third-order valence-corrected chi connectivity index (χ3v) is 3.14. The summed E-state index contributed by atoms with van der Waals surface area (Å²) >= 11 is 0. The standard InChI is InChI=1S/C13H17N5O3.2ClH/c1-13(2,14)11(20)16-7-5-8-9(15-6-7)17(3)12(21)18(4)10(8)19;;/h5-6H,14H2,1-4H3,(H,16,20);2*1H. The number of pyridine rings is 1. The summed E-state index contributed by atoms with van der Waals surface area (Å²) in [7, 11) is 2.91. The van der Waals surface area contributed by atoms with Crippen molar-refractivity contribution in [3.63, 3.8) is 0 Å². The van der Waals surface area contributed by atoms with E-state index in [0.29, 0.717) is 5.69 Å². The van der Waals surface area contributed by atoms with E-state index in [1.165, 1.54) is 30.9 Å². The van der Waals surface area contributed by atoms with Crippen LogP contribution in [0.2, 0.25) is 0 Å². The highest BCUT2D eigenvalue weighted by Gasteiger charge is 2.22. The molecule has 0 aliphatic rings. The van der Waals surface area contributed by atoms with Crippen LogP contribution in [0.4, 0.5) is 5.69 Å². The Bertz CT molecular complexity index is 852. The van der Waals surface area contributed by atoms with Gasteiger partial charge in [-0.15, -0.1) is 24.8 Å². The molecule has 2 aromatic heterocycles. The molecule has 23 heavy (non-hydrogen) atoms. The molecular weight excluding hydrogens is 345 g/mol. The first-order chi connectivity index (χ1) is 9.62. The summed E-state index contributed by atoms with van der Waals surface area (Å²) in [6.45, 7) is 3.14. The van der Waals surface area contributed by atoms with Crippen molar-refractivity contribution in [3.8, 4) is 0 Å². The fourth-order valence-corrected chi connectivity index (χ4v) is 1.83. The molecule has 0 saturated heterocycles. The van der Waals surface area contributed by atoms with Crippen molar-refractivity contribution in [2.45, 2.75) is 19.4 Å². The minimum absolute atomic E-state index is 0. The second-order valence-corrected chi connectivity index (χ2v) is 5.48. The van der Waals surface area contributed by atoms with Crippen molar-refractivity contribution < 1.29 is 4.79 Å². The summed E-state index contributed by atoms with van der Waals surface area (Å²) in [6.07, 6.45) is 1.38. The number of aromatic nitrogens is 3. The van der Waals surface area contributed by atoms with Gasteiger partial charge in [0.15, 0.2) is 0 Å². The first kappa shape index (κ1) is 21.1. The van der Waals surface area contributed by atoms with Gasteiger partial charge in [-0.05, 0) is 19.9 Å². The summed E-state index contributed by atoms with van der Waals surface area (Å²) in [5.74, 6) is -0.398. The number of nitrogens with zero attached hydrogens (tertiary/aromatic N) is 3. The molecule has 3 N–H and O–H groups in total. The number of hydrogen-bond donors (Lipinski definition) is 2. The highest BCUT2D eigenvalue weighted by Crippen LogP contribution is 2.13. The van der Waals surface area contributed by atoms with E-state index in [-0.39, 0.29) is 35.8 Å². The number of carbonyl (C=O) groups excluding carboxylic acids is 1. The van der Waals surface area contributed by atoms with E-state index in [0.717, 1.165) is 4.57 Å². The van der Waals surface area contributed by atoms with E-state index >= 15 is 0 Å². The maximum atomic E-state index is 12.1. The SMILES string of the molecule is Cl.Cl.Cn1c(=O)c2cc(NC(=O)C(C)(C)N)cnc2n(C)c1=O. The average Bonchev–Trinajstić information content (AvgIpc) is 2.41. The van der Waals surface area contributed by atoms with Crippen molar-refractivity contribution in [2.75, 3.05) is 5.32 Å². The monoisotopic (exact) mass is 363 g/mol. The molecule has 0 saturated carbocycles. The lowest BCUT2D eigenvalue weighted by atomic mass is 10.1.